The van der Waals surface area contributed by atoms with Gasteiger partial charge >= 0.3 is 0 Å². The third-order valence-electron chi connectivity index (χ3n) is 9.51. The monoisotopic (exact) mass is 448 g/mol. The SMILES string of the molecule is CCCCOC1CCC(C2CCC(C3CC3CC(C)OC)CC2)NC1CCC(N)C1CC1. The van der Waals surface area contributed by atoms with Crippen LogP contribution >= 0.6 is 0 Å². The van der Waals surface area contributed by atoms with E-state index in [1.165, 1.54) is 89.9 Å². The fraction of sp³-hybridized carbons (Fsp3) is 1.00. The van der Waals surface area contributed by atoms with Crippen LogP contribution in [0.1, 0.15) is 104 Å². The number of nitrogens with two attached hydrogens (primary N) is 1. The summed E-state index contributed by atoms with van der Waals surface area (Å²) >= 11 is 0. The fourth-order valence-corrected chi connectivity index (χ4v) is 6.98. The molecular formula is C28H52N2O2. The molecular weight excluding hydrogens is 396 g/mol. The summed E-state index contributed by atoms with van der Waals surface area (Å²) in [5.41, 5.74) is 6.46. The van der Waals surface area contributed by atoms with E-state index >= 15 is 0 Å². The van der Waals surface area contributed by atoms with Gasteiger partial charge in [-0.15, -0.1) is 0 Å². The Morgan fingerprint density at radius 1 is 1.00 bits per heavy atom. The second-order valence-electron chi connectivity index (χ2n) is 11.9. The van der Waals surface area contributed by atoms with Gasteiger partial charge in [0, 0.05) is 31.8 Å². The lowest BCUT2D eigenvalue weighted by Gasteiger charge is -2.43. The van der Waals surface area contributed by atoms with Crippen molar-refractivity contribution in [2.24, 2.45) is 35.3 Å². The van der Waals surface area contributed by atoms with E-state index in [4.69, 9.17) is 15.2 Å². The molecule has 7 atom stereocenters. The van der Waals surface area contributed by atoms with E-state index in [1.807, 2.05) is 7.11 Å². The molecule has 0 spiro atoms. The Kier molecular flexibility index (Phi) is 9.35. The maximum atomic E-state index is 6.46. The Morgan fingerprint density at radius 3 is 2.44 bits per heavy atom. The highest BCUT2D eigenvalue weighted by molar-refractivity contribution is 4.97. The molecule has 3 N–H and O–H groups in total. The van der Waals surface area contributed by atoms with Crippen LogP contribution in [-0.2, 0) is 9.47 Å². The van der Waals surface area contributed by atoms with Crippen LogP contribution in [0.3, 0.4) is 0 Å². The van der Waals surface area contributed by atoms with Crippen molar-refractivity contribution in [2.45, 2.75) is 134 Å². The van der Waals surface area contributed by atoms with Crippen molar-refractivity contribution in [2.75, 3.05) is 13.7 Å². The van der Waals surface area contributed by atoms with Crippen molar-refractivity contribution < 1.29 is 9.47 Å². The van der Waals surface area contributed by atoms with E-state index in [2.05, 4.69) is 19.2 Å². The van der Waals surface area contributed by atoms with Crippen LogP contribution in [-0.4, -0.2) is 44.1 Å². The van der Waals surface area contributed by atoms with E-state index in [0.29, 0.717) is 30.3 Å². The predicted octanol–water partition coefficient (Wildman–Crippen LogP) is 5.68. The molecule has 4 aliphatic rings. The smallest absolute Gasteiger partial charge is 0.0728 e. The molecule has 1 heterocycles. The van der Waals surface area contributed by atoms with E-state index in [1.54, 1.807) is 0 Å². The van der Waals surface area contributed by atoms with Crippen LogP contribution < -0.4 is 11.1 Å². The Bertz CT molecular complexity index is 546. The van der Waals surface area contributed by atoms with E-state index in [0.717, 1.165) is 36.2 Å². The highest BCUT2D eigenvalue weighted by Crippen LogP contribution is 2.52. The molecule has 4 fully saturated rings. The van der Waals surface area contributed by atoms with Gasteiger partial charge in [-0.3, -0.25) is 0 Å². The molecule has 186 valence electrons. The van der Waals surface area contributed by atoms with Crippen molar-refractivity contribution >= 4 is 0 Å². The molecule has 1 saturated heterocycles. The Hall–Kier alpha value is -0.160. The molecule has 1 aliphatic heterocycles. The van der Waals surface area contributed by atoms with Crippen molar-refractivity contribution in [1.82, 2.24) is 5.32 Å². The van der Waals surface area contributed by atoms with Gasteiger partial charge in [0.2, 0.25) is 0 Å². The Labute approximate surface area is 198 Å². The molecule has 0 amide bonds. The van der Waals surface area contributed by atoms with Crippen LogP contribution in [0.4, 0.5) is 0 Å². The van der Waals surface area contributed by atoms with E-state index < -0.39 is 0 Å². The van der Waals surface area contributed by atoms with Gasteiger partial charge in [-0.25, -0.2) is 0 Å². The first-order chi connectivity index (χ1) is 15.6. The summed E-state index contributed by atoms with van der Waals surface area (Å²) in [6.45, 7) is 5.41. The lowest BCUT2D eigenvalue weighted by Crippen LogP contribution is -2.54. The van der Waals surface area contributed by atoms with Crippen LogP contribution in [0, 0.1) is 29.6 Å². The highest BCUT2D eigenvalue weighted by atomic mass is 16.5. The number of ether oxygens (including phenoxy) is 2. The first-order valence-corrected chi connectivity index (χ1v) is 14.2. The summed E-state index contributed by atoms with van der Waals surface area (Å²) in [4.78, 5) is 0. The predicted molar refractivity (Wildman–Crippen MR) is 133 cm³/mol. The zero-order valence-electron chi connectivity index (χ0n) is 21.3. The number of methoxy groups -OCH3 is 1. The molecule has 0 aromatic heterocycles. The molecule has 4 rings (SSSR count). The number of nitrogens with one attached hydrogen (secondary N) is 1. The lowest BCUT2D eigenvalue weighted by molar-refractivity contribution is -0.0138. The summed E-state index contributed by atoms with van der Waals surface area (Å²) in [5, 5.41) is 4.12. The fourth-order valence-electron chi connectivity index (χ4n) is 6.98. The van der Waals surface area contributed by atoms with Crippen LogP contribution in [0.2, 0.25) is 0 Å². The van der Waals surface area contributed by atoms with Crippen LogP contribution in [0.15, 0.2) is 0 Å². The molecule has 0 aromatic rings. The standard InChI is InChI=1S/C28H52N2O2/c1-4-5-16-32-28-15-14-26(30-27(28)13-12-25(29)21-8-9-21)22-10-6-20(7-11-22)24-18-23(24)17-19(2)31-3/h19-28,30H,4-18,29H2,1-3H3. The van der Waals surface area contributed by atoms with E-state index in [9.17, 15) is 0 Å². The quantitative estimate of drug-likeness (QED) is 0.356. The van der Waals surface area contributed by atoms with Crippen molar-refractivity contribution in [3.8, 4) is 0 Å². The molecule has 4 heteroatoms. The van der Waals surface area contributed by atoms with Gasteiger partial charge in [0.1, 0.15) is 0 Å². The molecule has 3 saturated carbocycles. The van der Waals surface area contributed by atoms with Gasteiger partial charge in [0.15, 0.2) is 0 Å². The van der Waals surface area contributed by atoms with Gasteiger partial charge in [-0.2, -0.15) is 0 Å². The second-order valence-corrected chi connectivity index (χ2v) is 11.9. The second kappa shape index (κ2) is 12.0. The number of hydrogen-bond acceptors (Lipinski definition) is 4. The largest absolute Gasteiger partial charge is 0.382 e. The lowest BCUT2D eigenvalue weighted by atomic mass is 9.73. The number of unbranched alkanes of at least 4 members (excludes halogenated alkanes) is 1. The topological polar surface area (TPSA) is 56.5 Å². The third kappa shape index (κ3) is 6.93. The summed E-state index contributed by atoms with van der Waals surface area (Å²) in [7, 11) is 1.86. The van der Waals surface area contributed by atoms with Crippen molar-refractivity contribution in [3.05, 3.63) is 0 Å². The molecule has 4 nitrogen and oxygen atoms in total. The summed E-state index contributed by atoms with van der Waals surface area (Å²) in [6, 6.07) is 1.63. The molecule has 3 aliphatic carbocycles. The zero-order valence-corrected chi connectivity index (χ0v) is 21.3. The molecule has 32 heavy (non-hydrogen) atoms. The van der Waals surface area contributed by atoms with Gasteiger partial charge in [0.05, 0.1) is 12.2 Å². The third-order valence-corrected chi connectivity index (χ3v) is 9.51. The summed E-state index contributed by atoms with van der Waals surface area (Å²) < 4.78 is 11.9. The number of rotatable bonds is 13. The van der Waals surface area contributed by atoms with Crippen LogP contribution in [0.5, 0.6) is 0 Å². The van der Waals surface area contributed by atoms with Gasteiger partial charge in [-0.1, -0.05) is 13.3 Å². The Balaban J connectivity index is 1.23. The molecule has 0 radical (unpaired) electrons. The first kappa shape index (κ1) is 24.9. The molecule has 7 unspecified atom stereocenters. The minimum Gasteiger partial charge on any atom is -0.382 e. The normalized spacial score (nSPS) is 39.6. The highest BCUT2D eigenvalue weighted by Gasteiger charge is 2.45. The zero-order chi connectivity index (χ0) is 22.5. The maximum Gasteiger partial charge on any atom is 0.0728 e. The maximum absolute atomic E-state index is 6.46. The molecule has 0 bridgehead atoms. The minimum atomic E-state index is 0.399. The minimum absolute atomic E-state index is 0.399. The summed E-state index contributed by atoms with van der Waals surface area (Å²) in [5.74, 6) is 4.61. The van der Waals surface area contributed by atoms with Crippen molar-refractivity contribution in [3.63, 3.8) is 0 Å². The van der Waals surface area contributed by atoms with Crippen molar-refractivity contribution in [1.29, 1.82) is 0 Å². The average Bonchev–Trinajstić information content (AvgIpc) is 3.73. The molecule has 0 aromatic carbocycles. The van der Waals surface area contributed by atoms with Gasteiger partial charge in [-0.05, 0) is 120 Å². The summed E-state index contributed by atoms with van der Waals surface area (Å²) in [6.07, 6.45) is 19.4. The Morgan fingerprint density at radius 2 is 1.75 bits per heavy atom. The first-order valence-electron chi connectivity index (χ1n) is 14.2. The van der Waals surface area contributed by atoms with Gasteiger partial charge in [0.25, 0.3) is 0 Å². The average molecular weight is 449 g/mol. The number of piperidine rings is 1. The van der Waals surface area contributed by atoms with E-state index in [-0.39, 0.29) is 0 Å². The number of hydrogen-bond donors (Lipinski definition) is 2. The van der Waals surface area contributed by atoms with Crippen LogP contribution in [0.25, 0.3) is 0 Å². The van der Waals surface area contributed by atoms with Gasteiger partial charge < -0.3 is 20.5 Å².